The predicted molar refractivity (Wildman–Crippen MR) is 120 cm³/mol. The van der Waals surface area contributed by atoms with E-state index in [1.165, 1.54) is 5.56 Å². The number of benzene rings is 2. The molecule has 0 saturated carbocycles. The molecule has 6 nitrogen and oxygen atoms in total. The number of hydrogen-bond acceptors (Lipinski definition) is 5. The highest BCUT2D eigenvalue weighted by Gasteiger charge is 2.36. The van der Waals surface area contributed by atoms with Gasteiger partial charge in [0.1, 0.15) is 0 Å². The Morgan fingerprint density at radius 2 is 1.48 bits per heavy atom. The third-order valence-corrected chi connectivity index (χ3v) is 5.78. The molecule has 1 amide bonds. The summed E-state index contributed by atoms with van der Waals surface area (Å²) in [6.07, 6.45) is 1.44. The van der Waals surface area contributed by atoms with Crippen molar-refractivity contribution in [1.29, 1.82) is 0 Å². The van der Waals surface area contributed by atoms with Gasteiger partial charge in [-0.05, 0) is 53.8 Å². The third-order valence-electron chi connectivity index (χ3n) is 5.78. The van der Waals surface area contributed by atoms with E-state index >= 15 is 0 Å². The van der Waals surface area contributed by atoms with Gasteiger partial charge in [-0.25, -0.2) is 0 Å². The summed E-state index contributed by atoms with van der Waals surface area (Å²) in [5.41, 5.74) is 2.87. The summed E-state index contributed by atoms with van der Waals surface area (Å²) >= 11 is 0. The van der Waals surface area contributed by atoms with Crippen LogP contribution >= 0.6 is 0 Å². The lowest BCUT2D eigenvalue weighted by atomic mass is 9.85. The largest absolute Gasteiger partial charge is 0.493 e. The molecular weight excluding hydrogens is 394 g/mol. The van der Waals surface area contributed by atoms with Gasteiger partial charge in [-0.3, -0.25) is 4.79 Å². The number of carbonyl (C=O) groups is 1. The maximum Gasteiger partial charge on any atom is 0.228 e. The number of methoxy groups -OCH3 is 4. The summed E-state index contributed by atoms with van der Waals surface area (Å²) in [6.45, 7) is 6.56. The Morgan fingerprint density at radius 1 is 0.903 bits per heavy atom. The number of fused-ring (bicyclic) bond motifs is 1. The number of carbonyl (C=O) groups excluding carboxylic acids is 1. The van der Waals surface area contributed by atoms with Crippen LogP contribution < -0.4 is 18.9 Å². The van der Waals surface area contributed by atoms with Crippen molar-refractivity contribution in [2.24, 2.45) is 5.41 Å². The van der Waals surface area contributed by atoms with Crippen LogP contribution in [0.2, 0.25) is 0 Å². The maximum atomic E-state index is 13.4. The van der Waals surface area contributed by atoms with E-state index in [9.17, 15) is 4.79 Å². The molecule has 1 aliphatic heterocycles. The molecular formula is C25H33NO5. The number of nitrogens with zero attached hydrogens (tertiary/aromatic N) is 1. The van der Waals surface area contributed by atoms with E-state index in [0.717, 1.165) is 17.5 Å². The topological polar surface area (TPSA) is 57.2 Å². The molecule has 0 unspecified atom stereocenters. The van der Waals surface area contributed by atoms with Crippen LogP contribution in [0, 0.1) is 5.41 Å². The first-order valence-corrected chi connectivity index (χ1v) is 10.5. The van der Waals surface area contributed by atoms with E-state index < -0.39 is 5.41 Å². The number of ether oxygens (including phenoxy) is 4. The Hall–Kier alpha value is -2.89. The quantitative estimate of drug-likeness (QED) is 0.682. The zero-order chi connectivity index (χ0) is 22.8. The second kappa shape index (κ2) is 9.08. The van der Waals surface area contributed by atoms with Gasteiger partial charge in [0.15, 0.2) is 23.0 Å². The lowest BCUT2D eigenvalue weighted by Gasteiger charge is -2.41. The van der Waals surface area contributed by atoms with Crippen LogP contribution in [0.4, 0.5) is 0 Å². The van der Waals surface area contributed by atoms with Gasteiger partial charge in [-0.15, -0.1) is 0 Å². The minimum absolute atomic E-state index is 0.117. The first kappa shape index (κ1) is 22.8. The van der Waals surface area contributed by atoms with E-state index in [2.05, 4.69) is 0 Å². The van der Waals surface area contributed by atoms with Crippen LogP contribution in [0.3, 0.4) is 0 Å². The van der Waals surface area contributed by atoms with Gasteiger partial charge >= 0.3 is 0 Å². The number of hydrogen-bond donors (Lipinski definition) is 0. The van der Waals surface area contributed by atoms with E-state index in [1.54, 1.807) is 28.4 Å². The van der Waals surface area contributed by atoms with Gasteiger partial charge < -0.3 is 23.8 Å². The molecule has 0 fully saturated rings. The first-order chi connectivity index (χ1) is 14.7. The zero-order valence-electron chi connectivity index (χ0n) is 19.6. The van der Waals surface area contributed by atoms with Crippen molar-refractivity contribution in [2.45, 2.75) is 39.7 Å². The molecule has 1 aliphatic rings. The van der Waals surface area contributed by atoms with Gasteiger partial charge in [-0.2, -0.15) is 0 Å². The molecule has 0 spiro atoms. The second-order valence-corrected chi connectivity index (χ2v) is 8.81. The summed E-state index contributed by atoms with van der Waals surface area (Å²) in [5, 5.41) is 0. The van der Waals surface area contributed by atoms with Crippen LogP contribution in [-0.2, 0) is 17.6 Å². The van der Waals surface area contributed by atoms with Gasteiger partial charge in [-0.1, -0.05) is 26.8 Å². The van der Waals surface area contributed by atoms with Crippen molar-refractivity contribution in [2.75, 3.05) is 35.0 Å². The Bertz CT molecular complexity index is 948. The molecule has 168 valence electrons. The highest BCUT2D eigenvalue weighted by Crippen LogP contribution is 2.41. The maximum absolute atomic E-state index is 13.4. The summed E-state index contributed by atoms with van der Waals surface area (Å²) in [6, 6.07) is 9.84. The van der Waals surface area contributed by atoms with Crippen molar-refractivity contribution >= 4 is 5.91 Å². The Balaban J connectivity index is 2.08. The minimum Gasteiger partial charge on any atom is -0.493 e. The predicted octanol–water partition coefficient (Wildman–Crippen LogP) is 4.44. The smallest absolute Gasteiger partial charge is 0.228 e. The number of rotatable bonds is 6. The summed E-state index contributed by atoms with van der Waals surface area (Å²) in [4.78, 5) is 15.4. The highest BCUT2D eigenvalue weighted by atomic mass is 16.5. The molecule has 2 aromatic carbocycles. The van der Waals surface area contributed by atoms with Crippen LogP contribution in [0.5, 0.6) is 23.0 Å². The molecule has 6 heteroatoms. The molecule has 3 rings (SSSR count). The molecule has 0 aromatic heterocycles. The molecule has 2 aromatic rings. The second-order valence-electron chi connectivity index (χ2n) is 8.81. The monoisotopic (exact) mass is 427 g/mol. The Morgan fingerprint density at radius 3 is 2.06 bits per heavy atom. The van der Waals surface area contributed by atoms with Gasteiger partial charge in [0.05, 0.1) is 34.5 Å². The Labute approximate surface area is 185 Å². The molecule has 0 aliphatic carbocycles. The lowest BCUT2D eigenvalue weighted by Crippen LogP contribution is -2.46. The Kier molecular flexibility index (Phi) is 6.68. The molecule has 0 radical (unpaired) electrons. The van der Waals surface area contributed by atoms with Crippen molar-refractivity contribution in [3.05, 3.63) is 47.0 Å². The molecule has 1 heterocycles. The van der Waals surface area contributed by atoms with Crippen LogP contribution in [0.25, 0.3) is 0 Å². The van der Waals surface area contributed by atoms with Crippen LogP contribution in [0.1, 0.15) is 43.5 Å². The lowest BCUT2D eigenvalue weighted by molar-refractivity contribution is -0.142. The normalized spacial score (nSPS) is 15.8. The third kappa shape index (κ3) is 4.58. The molecule has 1 atom stereocenters. The van der Waals surface area contributed by atoms with E-state index in [0.29, 0.717) is 36.0 Å². The minimum atomic E-state index is -0.468. The average Bonchev–Trinajstić information content (AvgIpc) is 2.77. The van der Waals surface area contributed by atoms with Crippen molar-refractivity contribution in [3.8, 4) is 23.0 Å². The van der Waals surface area contributed by atoms with Crippen LogP contribution in [-0.4, -0.2) is 45.8 Å². The standard InChI is InChI=1S/C25H33NO5/c1-25(2,3)24(27)26-11-10-17-14-22(30-6)23(31-7)15-18(17)19(26)12-16-8-9-20(28-4)21(13-16)29-5/h8-9,13-15,19H,10-12H2,1-7H3/t19-/m0/s1. The van der Waals surface area contributed by atoms with Crippen molar-refractivity contribution in [1.82, 2.24) is 4.90 Å². The fraction of sp³-hybridized carbons (Fsp3) is 0.480. The SMILES string of the molecule is COc1ccc(C[C@H]2c3cc(OC)c(OC)cc3CCN2C(=O)C(C)(C)C)cc1OC. The zero-order valence-corrected chi connectivity index (χ0v) is 19.6. The van der Waals surface area contributed by atoms with Crippen molar-refractivity contribution < 1.29 is 23.7 Å². The van der Waals surface area contributed by atoms with Crippen molar-refractivity contribution in [3.63, 3.8) is 0 Å². The molecule has 0 bridgehead atoms. The molecule has 0 saturated heterocycles. The van der Waals surface area contributed by atoms with E-state index in [4.69, 9.17) is 18.9 Å². The fourth-order valence-electron chi connectivity index (χ4n) is 4.15. The number of amides is 1. The summed E-state index contributed by atoms with van der Waals surface area (Å²) in [7, 11) is 6.53. The highest BCUT2D eigenvalue weighted by molar-refractivity contribution is 5.82. The summed E-state index contributed by atoms with van der Waals surface area (Å²) in [5.74, 6) is 2.88. The van der Waals surface area contributed by atoms with E-state index in [1.807, 2.05) is 56.0 Å². The van der Waals surface area contributed by atoms with Crippen LogP contribution in [0.15, 0.2) is 30.3 Å². The van der Waals surface area contributed by atoms with Gasteiger partial charge in [0.2, 0.25) is 5.91 Å². The molecule has 31 heavy (non-hydrogen) atoms. The first-order valence-electron chi connectivity index (χ1n) is 10.5. The average molecular weight is 428 g/mol. The van der Waals surface area contributed by atoms with Gasteiger partial charge in [0.25, 0.3) is 0 Å². The van der Waals surface area contributed by atoms with E-state index in [-0.39, 0.29) is 11.9 Å². The fourth-order valence-corrected chi connectivity index (χ4v) is 4.15. The summed E-state index contributed by atoms with van der Waals surface area (Å²) < 4.78 is 21.9. The molecule has 0 N–H and O–H groups in total. The van der Waals surface area contributed by atoms with Gasteiger partial charge in [0, 0.05) is 12.0 Å².